The molecule has 0 radical (unpaired) electrons. The molecule has 314 valence electrons. The fourth-order valence-corrected chi connectivity index (χ4v) is 10.9. The molecule has 0 saturated carbocycles. The summed E-state index contributed by atoms with van der Waals surface area (Å²) in [6.07, 6.45) is 0. The van der Waals surface area contributed by atoms with Crippen molar-refractivity contribution in [3.05, 3.63) is 247 Å². The topological polar surface area (TPSA) is 3.24 Å². The molecule has 11 aromatic carbocycles. The molecule has 0 aromatic heterocycles. The highest BCUT2D eigenvalue weighted by Gasteiger charge is 2.37. The standard InChI is InChI=1S/C65H49N/c1-42-17-15-25-52(33-42)66(53-26-16-18-43(2)34-53)54-30-32-56-55-31-29-48(40-61(55)65(3,4)62(56)41-54)63-57-27-13-14-28-58(57)64(60-39-47-24-12-11-23-46(47)38-59(60)63)51-36-49(44-19-7-5-8-20-44)35-50(37-51)45-21-9-6-10-22-45/h5-41H,1-4H3. The zero-order chi connectivity index (χ0) is 44.5. The molecule has 1 aliphatic carbocycles. The molecule has 11 aromatic rings. The first-order chi connectivity index (χ1) is 32.3. The Morgan fingerprint density at radius 2 is 0.758 bits per heavy atom. The highest BCUT2D eigenvalue weighted by Crippen LogP contribution is 2.53. The molecule has 12 rings (SSSR count). The SMILES string of the molecule is Cc1cccc(N(c2cccc(C)c2)c2ccc3c(c2)C(C)(C)c2cc(-c4c5ccccc5c(-c5cc(-c6ccccc6)cc(-c6ccccc6)c5)c5cc6ccccc6cc45)ccc2-3)c1. The van der Waals surface area contributed by atoms with Crippen molar-refractivity contribution in [2.45, 2.75) is 33.1 Å². The smallest absolute Gasteiger partial charge is 0.0465 e. The van der Waals surface area contributed by atoms with E-state index in [1.807, 2.05) is 0 Å². The fourth-order valence-electron chi connectivity index (χ4n) is 10.9. The van der Waals surface area contributed by atoms with Gasteiger partial charge in [0.2, 0.25) is 0 Å². The van der Waals surface area contributed by atoms with Gasteiger partial charge in [-0.3, -0.25) is 0 Å². The van der Waals surface area contributed by atoms with Crippen LogP contribution in [0.2, 0.25) is 0 Å². The van der Waals surface area contributed by atoms with E-state index in [0.29, 0.717) is 0 Å². The predicted octanol–water partition coefficient (Wildman–Crippen LogP) is 18.2. The number of nitrogens with zero attached hydrogens (tertiary/aromatic N) is 1. The van der Waals surface area contributed by atoms with Gasteiger partial charge in [0.05, 0.1) is 0 Å². The van der Waals surface area contributed by atoms with E-state index in [9.17, 15) is 0 Å². The molecule has 0 aliphatic heterocycles. The van der Waals surface area contributed by atoms with E-state index in [-0.39, 0.29) is 5.41 Å². The third kappa shape index (κ3) is 6.62. The third-order valence-electron chi connectivity index (χ3n) is 14.1. The quantitative estimate of drug-likeness (QED) is 0.145. The molecule has 0 amide bonds. The Kier molecular flexibility index (Phi) is 9.36. The number of fused-ring (bicyclic) bond motifs is 6. The maximum atomic E-state index is 2.51. The van der Waals surface area contributed by atoms with E-state index < -0.39 is 0 Å². The van der Waals surface area contributed by atoms with Gasteiger partial charge in [-0.15, -0.1) is 0 Å². The summed E-state index contributed by atoms with van der Waals surface area (Å²) in [6.45, 7) is 9.16. The lowest BCUT2D eigenvalue weighted by atomic mass is 9.80. The Bertz CT molecular complexity index is 3590. The van der Waals surface area contributed by atoms with Gasteiger partial charge in [-0.25, -0.2) is 0 Å². The minimum atomic E-state index is -0.245. The lowest BCUT2D eigenvalue weighted by Gasteiger charge is -2.28. The summed E-state index contributed by atoms with van der Waals surface area (Å²) in [5.41, 5.74) is 20.9. The van der Waals surface area contributed by atoms with Gasteiger partial charge in [0.15, 0.2) is 0 Å². The van der Waals surface area contributed by atoms with Crippen LogP contribution in [0.25, 0.3) is 88.0 Å². The fraction of sp³-hybridized carbons (Fsp3) is 0.0769. The number of anilines is 3. The number of rotatable bonds is 7. The van der Waals surface area contributed by atoms with Crippen molar-refractivity contribution < 1.29 is 0 Å². The van der Waals surface area contributed by atoms with Gasteiger partial charge >= 0.3 is 0 Å². The van der Waals surface area contributed by atoms with Crippen LogP contribution in [0.4, 0.5) is 17.1 Å². The van der Waals surface area contributed by atoms with Crippen LogP contribution in [0.15, 0.2) is 224 Å². The van der Waals surface area contributed by atoms with Crippen molar-refractivity contribution in [3.8, 4) is 55.6 Å². The van der Waals surface area contributed by atoms with Crippen LogP contribution in [0.3, 0.4) is 0 Å². The van der Waals surface area contributed by atoms with Crippen LogP contribution in [-0.4, -0.2) is 0 Å². The van der Waals surface area contributed by atoms with Crippen molar-refractivity contribution in [1.82, 2.24) is 0 Å². The average Bonchev–Trinajstić information content (AvgIpc) is 3.57. The molecule has 1 nitrogen and oxygen atoms in total. The van der Waals surface area contributed by atoms with Crippen molar-refractivity contribution in [2.24, 2.45) is 0 Å². The van der Waals surface area contributed by atoms with E-state index >= 15 is 0 Å². The van der Waals surface area contributed by atoms with Gasteiger partial charge in [0, 0.05) is 22.5 Å². The van der Waals surface area contributed by atoms with Gasteiger partial charge in [-0.2, -0.15) is 0 Å². The van der Waals surface area contributed by atoms with E-state index in [1.165, 1.54) is 110 Å². The van der Waals surface area contributed by atoms with E-state index in [0.717, 1.165) is 17.1 Å². The van der Waals surface area contributed by atoms with Gasteiger partial charge in [0.25, 0.3) is 0 Å². The Morgan fingerprint density at radius 1 is 0.303 bits per heavy atom. The van der Waals surface area contributed by atoms with Crippen molar-refractivity contribution in [3.63, 3.8) is 0 Å². The Labute approximate surface area is 387 Å². The van der Waals surface area contributed by atoms with Gasteiger partial charge in [-0.05, 0) is 197 Å². The van der Waals surface area contributed by atoms with E-state index in [1.54, 1.807) is 0 Å². The van der Waals surface area contributed by atoms with Gasteiger partial charge in [0.1, 0.15) is 0 Å². The summed E-state index contributed by atoms with van der Waals surface area (Å²) in [7, 11) is 0. The monoisotopic (exact) mass is 843 g/mol. The van der Waals surface area contributed by atoms with Crippen LogP contribution in [0.1, 0.15) is 36.1 Å². The maximum absolute atomic E-state index is 2.51. The normalized spacial score (nSPS) is 12.7. The molecular formula is C65H49N. The first-order valence-electron chi connectivity index (χ1n) is 23.2. The molecule has 0 atom stereocenters. The second-order valence-corrected chi connectivity index (χ2v) is 18.7. The molecular weight excluding hydrogens is 795 g/mol. The molecule has 0 heterocycles. The molecule has 1 aliphatic rings. The van der Waals surface area contributed by atoms with Crippen molar-refractivity contribution in [2.75, 3.05) is 4.90 Å². The summed E-state index contributed by atoms with van der Waals surface area (Å²) in [5, 5.41) is 7.50. The van der Waals surface area contributed by atoms with Crippen LogP contribution in [-0.2, 0) is 5.41 Å². The minimum Gasteiger partial charge on any atom is -0.310 e. The molecule has 0 spiro atoms. The lowest BCUT2D eigenvalue weighted by Crippen LogP contribution is -2.16. The third-order valence-corrected chi connectivity index (χ3v) is 14.1. The van der Waals surface area contributed by atoms with Crippen LogP contribution in [0.5, 0.6) is 0 Å². The number of benzene rings is 11. The molecule has 0 saturated heterocycles. The van der Waals surface area contributed by atoms with Crippen LogP contribution < -0.4 is 4.90 Å². The number of hydrogen-bond donors (Lipinski definition) is 0. The average molecular weight is 844 g/mol. The van der Waals surface area contributed by atoms with Gasteiger partial charge < -0.3 is 4.90 Å². The molecule has 66 heavy (non-hydrogen) atoms. The largest absolute Gasteiger partial charge is 0.310 e. The summed E-state index contributed by atoms with van der Waals surface area (Å²) >= 11 is 0. The first kappa shape index (κ1) is 39.6. The molecule has 0 fully saturated rings. The summed E-state index contributed by atoms with van der Waals surface area (Å²) in [4.78, 5) is 2.41. The van der Waals surface area contributed by atoms with Crippen molar-refractivity contribution >= 4 is 49.4 Å². The minimum absolute atomic E-state index is 0.245. The van der Waals surface area contributed by atoms with Crippen molar-refractivity contribution in [1.29, 1.82) is 0 Å². The summed E-state index contributed by atoms with van der Waals surface area (Å²) < 4.78 is 0. The predicted molar refractivity (Wildman–Crippen MR) is 282 cm³/mol. The van der Waals surface area contributed by atoms with Crippen LogP contribution >= 0.6 is 0 Å². The lowest BCUT2D eigenvalue weighted by molar-refractivity contribution is 0.660. The number of hydrogen-bond acceptors (Lipinski definition) is 1. The molecule has 0 N–H and O–H groups in total. The highest BCUT2D eigenvalue weighted by atomic mass is 15.1. The highest BCUT2D eigenvalue weighted by molar-refractivity contribution is 6.24. The Hall–Kier alpha value is -8.00. The molecule has 0 bridgehead atoms. The second-order valence-electron chi connectivity index (χ2n) is 18.7. The zero-order valence-electron chi connectivity index (χ0n) is 37.8. The summed E-state index contributed by atoms with van der Waals surface area (Å²) in [6, 6.07) is 83.7. The molecule has 0 unspecified atom stereocenters. The Balaban J connectivity index is 1.06. The number of aryl methyl sites for hydroxylation is 2. The maximum Gasteiger partial charge on any atom is 0.0465 e. The van der Waals surface area contributed by atoms with Gasteiger partial charge in [-0.1, -0.05) is 166 Å². The van der Waals surface area contributed by atoms with E-state index in [4.69, 9.17) is 0 Å². The Morgan fingerprint density at radius 3 is 1.30 bits per heavy atom. The molecule has 1 heteroatoms. The second kappa shape index (κ2) is 15.6. The zero-order valence-corrected chi connectivity index (χ0v) is 37.8. The first-order valence-corrected chi connectivity index (χ1v) is 23.2. The van der Waals surface area contributed by atoms with Crippen LogP contribution in [0, 0.1) is 13.8 Å². The van der Waals surface area contributed by atoms with E-state index in [2.05, 4.69) is 257 Å². The summed E-state index contributed by atoms with van der Waals surface area (Å²) in [5.74, 6) is 0.